The van der Waals surface area contributed by atoms with Crippen LogP contribution in [-0.4, -0.2) is 28.5 Å². The number of hydrogen-bond donors (Lipinski definition) is 0. The summed E-state index contributed by atoms with van der Waals surface area (Å²) in [5.74, 6) is 0.789. The second-order valence-electron chi connectivity index (χ2n) is 4.96. The molecule has 1 fully saturated rings. The van der Waals surface area contributed by atoms with Crippen LogP contribution < -0.4 is 0 Å². The molecular formula is C15H15N3O2. The Morgan fingerprint density at radius 3 is 3.10 bits per heavy atom. The Bertz CT molecular complexity index is 678. The van der Waals surface area contributed by atoms with Gasteiger partial charge < -0.3 is 9.30 Å². The number of nitriles is 1. The van der Waals surface area contributed by atoms with Crippen LogP contribution in [0.5, 0.6) is 0 Å². The van der Waals surface area contributed by atoms with Crippen LogP contribution >= 0.6 is 0 Å². The molecule has 102 valence electrons. The fourth-order valence-electron chi connectivity index (χ4n) is 2.58. The lowest BCUT2D eigenvalue weighted by Gasteiger charge is -2.10. The third-order valence-corrected chi connectivity index (χ3v) is 3.67. The number of carbonyl (C=O) groups excluding carboxylic acids is 1. The molecule has 0 bridgehead atoms. The highest BCUT2D eigenvalue weighted by Crippen LogP contribution is 2.19. The van der Waals surface area contributed by atoms with Crippen molar-refractivity contribution in [2.75, 3.05) is 13.2 Å². The topological polar surface area (TPSA) is 67.9 Å². The van der Waals surface area contributed by atoms with Gasteiger partial charge in [-0.05, 0) is 18.6 Å². The Labute approximate surface area is 116 Å². The number of carbonyl (C=O) groups is 1. The lowest BCUT2D eigenvalue weighted by atomic mass is 10.0. The van der Waals surface area contributed by atoms with Gasteiger partial charge in [0.05, 0.1) is 36.7 Å². The molecule has 0 amide bonds. The van der Waals surface area contributed by atoms with Gasteiger partial charge in [-0.25, -0.2) is 4.98 Å². The summed E-state index contributed by atoms with van der Waals surface area (Å²) in [6.45, 7) is 1.44. The predicted octanol–water partition coefficient (Wildman–Crippen LogP) is 1.71. The maximum absolute atomic E-state index is 12.3. The van der Waals surface area contributed by atoms with E-state index in [4.69, 9.17) is 10.00 Å². The molecule has 5 heteroatoms. The molecule has 1 aliphatic rings. The van der Waals surface area contributed by atoms with Gasteiger partial charge in [0.1, 0.15) is 5.82 Å². The maximum atomic E-state index is 12.3. The van der Waals surface area contributed by atoms with Crippen LogP contribution in [0.15, 0.2) is 24.3 Å². The predicted molar refractivity (Wildman–Crippen MR) is 73.0 cm³/mol. The zero-order chi connectivity index (χ0) is 13.9. The quantitative estimate of drug-likeness (QED) is 0.847. The first-order chi connectivity index (χ1) is 9.79. The summed E-state index contributed by atoms with van der Waals surface area (Å²) in [5.41, 5.74) is 1.73. The number of hydrogen-bond acceptors (Lipinski definition) is 4. The van der Waals surface area contributed by atoms with Crippen LogP contribution in [-0.2, 0) is 22.5 Å². The van der Waals surface area contributed by atoms with Crippen molar-refractivity contribution in [2.45, 2.75) is 19.4 Å². The molecule has 1 aromatic heterocycles. The van der Waals surface area contributed by atoms with Crippen LogP contribution in [0.4, 0.5) is 0 Å². The fraction of sp³-hybridized carbons (Fsp3) is 0.400. The maximum Gasteiger partial charge on any atom is 0.158 e. The molecule has 0 spiro atoms. The minimum absolute atomic E-state index is 0.0221. The van der Waals surface area contributed by atoms with E-state index in [0.717, 1.165) is 17.5 Å². The Morgan fingerprint density at radius 2 is 2.35 bits per heavy atom. The molecule has 0 aliphatic carbocycles. The van der Waals surface area contributed by atoms with E-state index in [1.165, 1.54) is 0 Å². The zero-order valence-electron chi connectivity index (χ0n) is 11.1. The third-order valence-electron chi connectivity index (χ3n) is 3.67. The summed E-state index contributed by atoms with van der Waals surface area (Å²) in [7, 11) is 0. The van der Waals surface area contributed by atoms with Crippen molar-refractivity contribution in [3.05, 3.63) is 30.1 Å². The van der Waals surface area contributed by atoms with Gasteiger partial charge in [-0.2, -0.15) is 5.26 Å². The molecule has 0 N–H and O–H groups in total. The van der Waals surface area contributed by atoms with Gasteiger partial charge in [-0.3, -0.25) is 4.79 Å². The number of ether oxygens (including phenoxy) is 1. The number of ketones is 1. The third kappa shape index (κ3) is 2.30. The van der Waals surface area contributed by atoms with Gasteiger partial charge in [0.25, 0.3) is 0 Å². The van der Waals surface area contributed by atoms with E-state index >= 15 is 0 Å². The summed E-state index contributed by atoms with van der Waals surface area (Å²) in [4.78, 5) is 16.7. The average Bonchev–Trinajstić information content (AvgIpc) is 3.08. The van der Waals surface area contributed by atoms with Crippen molar-refractivity contribution in [1.29, 1.82) is 5.26 Å². The summed E-state index contributed by atoms with van der Waals surface area (Å²) in [6.07, 6.45) is 1.00. The molecule has 1 aliphatic heterocycles. The zero-order valence-corrected chi connectivity index (χ0v) is 11.1. The number of benzene rings is 1. The van der Waals surface area contributed by atoms with E-state index in [2.05, 4.69) is 11.1 Å². The van der Waals surface area contributed by atoms with Crippen LogP contribution in [0, 0.1) is 17.2 Å². The van der Waals surface area contributed by atoms with E-state index in [-0.39, 0.29) is 24.7 Å². The standard InChI is InChI=1S/C15H15N3O2/c16-7-5-15-17-12-3-1-2-4-13(12)18(15)9-14(19)11-6-8-20-10-11/h1-4,11H,5-6,8-10H2. The summed E-state index contributed by atoms with van der Waals surface area (Å²) in [5, 5.41) is 8.91. The number of aromatic nitrogens is 2. The van der Waals surface area contributed by atoms with Crippen LogP contribution in [0.1, 0.15) is 12.2 Å². The molecule has 5 nitrogen and oxygen atoms in total. The Kier molecular flexibility index (Phi) is 3.48. The molecule has 3 rings (SSSR count). The highest BCUT2D eigenvalue weighted by Gasteiger charge is 2.24. The molecule has 2 heterocycles. The Hall–Kier alpha value is -2.19. The molecular weight excluding hydrogens is 254 g/mol. The van der Waals surface area contributed by atoms with Gasteiger partial charge >= 0.3 is 0 Å². The van der Waals surface area contributed by atoms with Crippen molar-refractivity contribution < 1.29 is 9.53 Å². The van der Waals surface area contributed by atoms with E-state index in [1.54, 1.807) is 0 Å². The fourth-order valence-corrected chi connectivity index (χ4v) is 2.58. The molecule has 1 atom stereocenters. The molecule has 1 unspecified atom stereocenters. The van der Waals surface area contributed by atoms with Crippen molar-refractivity contribution in [1.82, 2.24) is 9.55 Å². The first-order valence-corrected chi connectivity index (χ1v) is 6.71. The average molecular weight is 269 g/mol. The van der Waals surface area contributed by atoms with Gasteiger partial charge in [0.15, 0.2) is 5.78 Å². The van der Waals surface area contributed by atoms with Crippen LogP contribution in [0.3, 0.4) is 0 Å². The molecule has 1 saturated heterocycles. The Balaban J connectivity index is 1.94. The van der Waals surface area contributed by atoms with Crippen LogP contribution in [0.2, 0.25) is 0 Å². The minimum Gasteiger partial charge on any atom is -0.381 e. The molecule has 0 radical (unpaired) electrons. The highest BCUT2D eigenvalue weighted by atomic mass is 16.5. The first-order valence-electron chi connectivity index (χ1n) is 6.71. The highest BCUT2D eigenvalue weighted by molar-refractivity contribution is 5.84. The molecule has 0 saturated carbocycles. The first kappa shape index (κ1) is 12.8. The molecule has 2 aromatic rings. The van der Waals surface area contributed by atoms with E-state index in [0.29, 0.717) is 19.0 Å². The monoisotopic (exact) mass is 269 g/mol. The second-order valence-corrected chi connectivity index (χ2v) is 4.96. The number of nitrogens with zero attached hydrogens (tertiary/aromatic N) is 3. The van der Waals surface area contributed by atoms with Gasteiger partial charge in [0.2, 0.25) is 0 Å². The van der Waals surface area contributed by atoms with Crippen molar-refractivity contribution in [3.8, 4) is 6.07 Å². The van der Waals surface area contributed by atoms with Crippen molar-refractivity contribution in [3.63, 3.8) is 0 Å². The summed E-state index contributed by atoms with van der Waals surface area (Å²) < 4.78 is 7.12. The Morgan fingerprint density at radius 1 is 1.50 bits per heavy atom. The molecule has 1 aromatic carbocycles. The van der Waals surface area contributed by atoms with Crippen molar-refractivity contribution >= 4 is 16.8 Å². The van der Waals surface area contributed by atoms with E-state index < -0.39 is 0 Å². The number of para-hydroxylation sites is 2. The van der Waals surface area contributed by atoms with Gasteiger partial charge in [-0.1, -0.05) is 12.1 Å². The number of Topliss-reactive ketones (excluding diaryl/α,β-unsaturated/α-hetero) is 1. The van der Waals surface area contributed by atoms with Gasteiger partial charge in [-0.15, -0.1) is 0 Å². The number of fused-ring (bicyclic) bond motifs is 1. The second kappa shape index (κ2) is 5.43. The summed E-state index contributed by atoms with van der Waals surface area (Å²) >= 11 is 0. The normalized spacial score (nSPS) is 18.2. The minimum atomic E-state index is -0.0221. The van der Waals surface area contributed by atoms with Crippen LogP contribution in [0.25, 0.3) is 11.0 Å². The number of rotatable bonds is 4. The number of imidazole rings is 1. The molecule has 20 heavy (non-hydrogen) atoms. The largest absolute Gasteiger partial charge is 0.381 e. The lowest BCUT2D eigenvalue weighted by molar-refractivity contribution is -0.123. The van der Waals surface area contributed by atoms with Crippen molar-refractivity contribution in [2.24, 2.45) is 5.92 Å². The van der Waals surface area contributed by atoms with E-state index in [9.17, 15) is 4.79 Å². The summed E-state index contributed by atoms with van der Waals surface area (Å²) in [6, 6.07) is 9.76. The van der Waals surface area contributed by atoms with E-state index in [1.807, 2.05) is 28.8 Å². The lowest BCUT2D eigenvalue weighted by Crippen LogP contribution is -2.21. The van der Waals surface area contributed by atoms with Gasteiger partial charge in [0, 0.05) is 12.5 Å². The smallest absolute Gasteiger partial charge is 0.158 e. The SMILES string of the molecule is N#CCc1nc2ccccc2n1CC(=O)C1CCOC1.